The minimum Gasteiger partial charge on any atom is -0.494 e. The maximum atomic E-state index is 13.9. The largest absolute Gasteiger partial charge is 0.494 e. The molecular formula is C31H30ClN3O5S. The summed E-state index contributed by atoms with van der Waals surface area (Å²) in [7, 11) is 0. The number of aromatic nitrogens is 1. The highest BCUT2D eigenvalue weighted by Crippen LogP contribution is 2.41. The molecule has 1 saturated heterocycles. The van der Waals surface area contributed by atoms with Gasteiger partial charge in [-0.1, -0.05) is 29.8 Å². The van der Waals surface area contributed by atoms with E-state index in [4.69, 9.17) is 26.1 Å². The zero-order valence-corrected chi connectivity index (χ0v) is 24.3. The zero-order valence-electron chi connectivity index (χ0n) is 22.7. The Morgan fingerprint density at radius 3 is 2.66 bits per heavy atom. The van der Waals surface area contributed by atoms with Crippen molar-refractivity contribution in [3.05, 3.63) is 79.4 Å². The molecule has 6 rings (SSSR count). The smallest absolute Gasteiger partial charge is 0.341 e. The highest BCUT2D eigenvalue weighted by molar-refractivity contribution is 7.16. The van der Waals surface area contributed by atoms with Crippen LogP contribution in [0.2, 0.25) is 5.02 Å². The number of morpholine rings is 1. The van der Waals surface area contributed by atoms with Crippen LogP contribution in [0, 0.1) is 0 Å². The monoisotopic (exact) mass is 591 g/mol. The van der Waals surface area contributed by atoms with Crippen LogP contribution >= 0.6 is 22.9 Å². The Morgan fingerprint density at radius 2 is 1.88 bits per heavy atom. The van der Waals surface area contributed by atoms with Gasteiger partial charge in [-0.2, -0.15) is 0 Å². The van der Waals surface area contributed by atoms with Crippen LogP contribution in [0.15, 0.2) is 52.3 Å². The van der Waals surface area contributed by atoms with Gasteiger partial charge in [0.15, 0.2) is 0 Å². The van der Waals surface area contributed by atoms with Crippen LogP contribution in [0.4, 0.5) is 10.7 Å². The minimum atomic E-state index is -0.382. The standard InChI is InChI=1S/C31H30ClN3O5S/c1-2-40-31(38)27-22-9-5-6-10-26(22)41-28(27)33-18-23-20-7-3-4-8-21(20)29(36)35(30(23)37)25-17-19(32)11-12-24(25)34-13-15-39-16-14-34/h3-4,7-8,11-12,17-18,37H,2,5-6,9-10,13-16H2,1H3. The molecule has 0 amide bonds. The summed E-state index contributed by atoms with van der Waals surface area (Å²) >= 11 is 7.91. The molecule has 0 bridgehead atoms. The van der Waals surface area contributed by atoms with Crippen LogP contribution in [-0.4, -0.2) is 54.8 Å². The first-order chi connectivity index (χ1) is 20.0. The lowest BCUT2D eigenvalue weighted by molar-refractivity contribution is 0.0526. The number of carbonyl (C=O) groups is 1. The van der Waals surface area contributed by atoms with Crippen LogP contribution in [0.5, 0.6) is 5.88 Å². The maximum Gasteiger partial charge on any atom is 0.341 e. The van der Waals surface area contributed by atoms with Crippen molar-refractivity contribution >= 4 is 56.6 Å². The summed E-state index contributed by atoms with van der Waals surface area (Å²) in [6, 6.07) is 12.5. The summed E-state index contributed by atoms with van der Waals surface area (Å²) in [6.45, 7) is 4.47. The first kappa shape index (κ1) is 27.5. The van der Waals surface area contributed by atoms with Gasteiger partial charge in [-0.25, -0.2) is 14.4 Å². The normalized spacial score (nSPS) is 15.4. The average molecular weight is 592 g/mol. The average Bonchev–Trinajstić information content (AvgIpc) is 3.36. The second-order valence-electron chi connectivity index (χ2n) is 10.0. The molecule has 1 fully saturated rings. The molecule has 8 nitrogen and oxygen atoms in total. The van der Waals surface area contributed by atoms with E-state index >= 15 is 0 Å². The summed E-state index contributed by atoms with van der Waals surface area (Å²) in [5.74, 6) is -0.639. The molecule has 212 valence electrons. The quantitative estimate of drug-likeness (QED) is 0.217. The van der Waals surface area contributed by atoms with Crippen LogP contribution in [0.3, 0.4) is 0 Å². The molecule has 41 heavy (non-hydrogen) atoms. The topological polar surface area (TPSA) is 93.4 Å². The van der Waals surface area contributed by atoms with E-state index < -0.39 is 0 Å². The number of halogens is 1. The summed E-state index contributed by atoms with van der Waals surface area (Å²) in [5, 5.41) is 13.7. The minimum absolute atomic E-state index is 0.256. The number of aryl methyl sites for hydroxylation is 1. The second kappa shape index (κ2) is 11.7. The van der Waals surface area contributed by atoms with Crippen LogP contribution in [-0.2, 0) is 22.3 Å². The number of benzene rings is 2. The molecule has 10 heteroatoms. The Hall–Kier alpha value is -3.66. The van der Waals surface area contributed by atoms with Gasteiger partial charge in [0.2, 0.25) is 5.88 Å². The van der Waals surface area contributed by atoms with Gasteiger partial charge in [0, 0.05) is 40.0 Å². The molecule has 1 N–H and O–H groups in total. The summed E-state index contributed by atoms with van der Waals surface area (Å²) in [6.07, 6.45) is 5.35. The Labute approximate surface area is 246 Å². The SMILES string of the molecule is CCOC(=O)c1c(N=Cc2c(O)n(-c3cc(Cl)ccc3N3CCOCC3)c(=O)c3ccccc23)sc2c1CCCC2. The van der Waals surface area contributed by atoms with E-state index in [1.165, 1.54) is 15.9 Å². The van der Waals surface area contributed by atoms with E-state index in [2.05, 4.69) is 4.90 Å². The number of fused-ring (bicyclic) bond motifs is 2. The van der Waals surface area contributed by atoms with Gasteiger partial charge in [-0.3, -0.25) is 4.79 Å². The predicted octanol–water partition coefficient (Wildman–Crippen LogP) is 6.05. The number of rotatable bonds is 6. The van der Waals surface area contributed by atoms with Crippen molar-refractivity contribution in [1.82, 2.24) is 4.57 Å². The number of hydrogen-bond acceptors (Lipinski definition) is 8. The number of pyridine rings is 1. The van der Waals surface area contributed by atoms with Crippen molar-refractivity contribution in [2.75, 3.05) is 37.8 Å². The number of hydrogen-bond donors (Lipinski definition) is 1. The number of nitrogens with zero attached hydrogens (tertiary/aromatic N) is 3. The van der Waals surface area contributed by atoms with Gasteiger partial charge in [0.25, 0.3) is 5.56 Å². The number of aromatic hydroxyl groups is 1. The number of anilines is 1. The zero-order chi connectivity index (χ0) is 28.5. The van der Waals surface area contributed by atoms with E-state index in [9.17, 15) is 14.7 Å². The summed E-state index contributed by atoms with van der Waals surface area (Å²) in [5.41, 5.74) is 2.76. The Morgan fingerprint density at radius 1 is 1.12 bits per heavy atom. The molecule has 1 aliphatic heterocycles. The fourth-order valence-electron chi connectivity index (χ4n) is 5.64. The third-order valence-corrected chi connectivity index (χ3v) is 9.01. The van der Waals surface area contributed by atoms with Crippen molar-refractivity contribution in [1.29, 1.82) is 0 Å². The lowest BCUT2D eigenvalue weighted by Gasteiger charge is -2.31. The van der Waals surface area contributed by atoms with Crippen molar-refractivity contribution < 1.29 is 19.4 Å². The van der Waals surface area contributed by atoms with Gasteiger partial charge < -0.3 is 19.5 Å². The number of esters is 1. The maximum absolute atomic E-state index is 13.9. The van der Waals surface area contributed by atoms with Crippen molar-refractivity contribution in [3.63, 3.8) is 0 Å². The molecule has 2 aromatic heterocycles. The molecule has 1 aliphatic carbocycles. The highest BCUT2D eigenvalue weighted by atomic mass is 35.5. The molecule has 3 heterocycles. The third kappa shape index (κ3) is 5.14. The number of ether oxygens (including phenoxy) is 2. The molecule has 2 aromatic carbocycles. The Kier molecular flexibility index (Phi) is 7.84. The fourth-order valence-corrected chi connectivity index (χ4v) is 7.03. The van der Waals surface area contributed by atoms with E-state index in [-0.39, 0.29) is 24.0 Å². The highest BCUT2D eigenvalue weighted by Gasteiger charge is 2.27. The van der Waals surface area contributed by atoms with Crippen LogP contribution in [0.25, 0.3) is 16.5 Å². The Bertz CT molecular complexity index is 1720. The molecule has 4 aromatic rings. The van der Waals surface area contributed by atoms with Crippen LogP contribution < -0.4 is 10.5 Å². The van der Waals surface area contributed by atoms with Gasteiger partial charge >= 0.3 is 5.97 Å². The lowest BCUT2D eigenvalue weighted by Crippen LogP contribution is -2.37. The molecule has 0 saturated carbocycles. The summed E-state index contributed by atoms with van der Waals surface area (Å²) in [4.78, 5) is 34.9. The number of thiophene rings is 1. The van der Waals surface area contributed by atoms with Crippen molar-refractivity contribution in [2.24, 2.45) is 4.99 Å². The van der Waals surface area contributed by atoms with E-state index in [1.54, 1.807) is 43.5 Å². The number of aliphatic imine (C=N–C) groups is 1. The van der Waals surface area contributed by atoms with E-state index in [0.717, 1.165) is 41.8 Å². The van der Waals surface area contributed by atoms with Crippen LogP contribution in [0.1, 0.15) is 46.1 Å². The molecule has 2 aliphatic rings. The lowest BCUT2D eigenvalue weighted by atomic mass is 9.95. The van der Waals surface area contributed by atoms with Crippen molar-refractivity contribution in [2.45, 2.75) is 32.6 Å². The van der Waals surface area contributed by atoms with Gasteiger partial charge in [-0.15, -0.1) is 11.3 Å². The van der Waals surface area contributed by atoms with Crippen molar-refractivity contribution in [3.8, 4) is 11.6 Å². The number of carbonyl (C=O) groups excluding carboxylic acids is 1. The summed E-state index contributed by atoms with van der Waals surface area (Å²) < 4.78 is 12.2. The third-order valence-electron chi connectivity index (χ3n) is 7.58. The van der Waals surface area contributed by atoms with E-state index in [0.29, 0.717) is 63.9 Å². The first-order valence-corrected chi connectivity index (χ1v) is 15.0. The first-order valence-electron chi connectivity index (χ1n) is 13.8. The van der Waals surface area contributed by atoms with Gasteiger partial charge in [0.1, 0.15) is 5.00 Å². The molecule has 0 spiro atoms. The molecular weight excluding hydrogens is 562 g/mol. The van der Waals surface area contributed by atoms with E-state index in [1.807, 2.05) is 12.1 Å². The second-order valence-corrected chi connectivity index (χ2v) is 11.5. The Balaban J connectivity index is 1.54. The molecule has 0 unspecified atom stereocenters. The fraction of sp³-hybridized carbons (Fsp3) is 0.323. The van der Waals surface area contributed by atoms with Gasteiger partial charge in [0.05, 0.1) is 42.3 Å². The molecule has 0 atom stereocenters. The predicted molar refractivity (Wildman–Crippen MR) is 163 cm³/mol. The van der Waals surface area contributed by atoms with Gasteiger partial charge in [-0.05, 0) is 62.4 Å². The molecule has 0 radical (unpaired) electrons.